The quantitative estimate of drug-likeness (QED) is 0.466. The molecule has 0 aliphatic heterocycles. The second-order valence-corrected chi connectivity index (χ2v) is 7.09. The molecule has 2 aromatic heterocycles. The average Bonchev–Trinajstić information content (AvgIpc) is 3.20. The maximum atomic E-state index is 13.0. The van der Waals surface area contributed by atoms with E-state index in [2.05, 4.69) is 23.7 Å². The predicted octanol–water partition coefficient (Wildman–Crippen LogP) is 5.43. The standard InChI is InChI=1S/C22H20N2O2S/c1-3-24(4-2)16-10-11-17-20(12-16)26-13-18(21(17)25)19-14-27-22(23-19)15-8-6-5-7-9-15/h5-14H,3-4H2,1-2H3. The SMILES string of the molecule is CCN(CC)c1ccc2c(=O)c(-c3csc(-c4ccccc4)n3)coc2c1. The Morgan fingerprint density at radius 3 is 2.59 bits per heavy atom. The highest BCUT2D eigenvalue weighted by atomic mass is 32.1. The van der Waals surface area contributed by atoms with E-state index in [0.29, 0.717) is 22.2 Å². The summed E-state index contributed by atoms with van der Waals surface area (Å²) in [5.41, 5.74) is 3.81. The molecule has 4 aromatic rings. The van der Waals surface area contributed by atoms with Crippen molar-refractivity contribution in [1.29, 1.82) is 0 Å². The lowest BCUT2D eigenvalue weighted by molar-refractivity contribution is 0.604. The van der Waals surface area contributed by atoms with Crippen molar-refractivity contribution in [3.8, 4) is 21.8 Å². The van der Waals surface area contributed by atoms with Gasteiger partial charge in [-0.3, -0.25) is 4.79 Å². The molecule has 136 valence electrons. The van der Waals surface area contributed by atoms with Gasteiger partial charge in [0.2, 0.25) is 5.43 Å². The van der Waals surface area contributed by atoms with E-state index in [1.165, 1.54) is 17.6 Å². The van der Waals surface area contributed by atoms with Crippen molar-refractivity contribution in [1.82, 2.24) is 4.98 Å². The first-order chi connectivity index (χ1) is 13.2. The molecule has 0 unspecified atom stereocenters. The normalized spacial score (nSPS) is 11.0. The van der Waals surface area contributed by atoms with Gasteiger partial charge >= 0.3 is 0 Å². The lowest BCUT2D eigenvalue weighted by Crippen LogP contribution is -2.21. The van der Waals surface area contributed by atoms with Gasteiger partial charge in [0.25, 0.3) is 0 Å². The number of fused-ring (bicyclic) bond motifs is 1. The third-order valence-electron chi connectivity index (χ3n) is 4.69. The minimum absolute atomic E-state index is 0.0488. The molecule has 0 spiro atoms. The van der Waals surface area contributed by atoms with Gasteiger partial charge in [-0.25, -0.2) is 4.98 Å². The number of hydrogen-bond donors (Lipinski definition) is 0. The number of hydrogen-bond acceptors (Lipinski definition) is 5. The summed E-state index contributed by atoms with van der Waals surface area (Å²) in [7, 11) is 0. The molecule has 0 atom stereocenters. The molecule has 0 radical (unpaired) electrons. The molecule has 27 heavy (non-hydrogen) atoms. The topological polar surface area (TPSA) is 46.3 Å². The largest absolute Gasteiger partial charge is 0.463 e. The fraction of sp³-hybridized carbons (Fsp3) is 0.182. The van der Waals surface area contributed by atoms with E-state index >= 15 is 0 Å². The van der Waals surface area contributed by atoms with Crippen LogP contribution in [0.15, 0.2) is 69.4 Å². The maximum absolute atomic E-state index is 13.0. The molecule has 5 heteroatoms. The van der Waals surface area contributed by atoms with Crippen molar-refractivity contribution < 1.29 is 4.42 Å². The Morgan fingerprint density at radius 1 is 1.07 bits per heavy atom. The summed E-state index contributed by atoms with van der Waals surface area (Å²) in [5.74, 6) is 0. The van der Waals surface area contributed by atoms with Crippen LogP contribution in [0, 0.1) is 0 Å². The summed E-state index contributed by atoms with van der Waals surface area (Å²) in [6.45, 7) is 6.04. The highest BCUT2D eigenvalue weighted by molar-refractivity contribution is 7.13. The van der Waals surface area contributed by atoms with E-state index in [0.717, 1.165) is 29.3 Å². The molecule has 0 amide bonds. The zero-order valence-corrected chi connectivity index (χ0v) is 16.1. The molecule has 0 N–H and O–H groups in total. The van der Waals surface area contributed by atoms with Crippen LogP contribution in [-0.4, -0.2) is 18.1 Å². The molecule has 0 aliphatic carbocycles. The molecule has 2 aromatic carbocycles. The first-order valence-electron chi connectivity index (χ1n) is 9.03. The van der Waals surface area contributed by atoms with E-state index in [1.54, 1.807) is 0 Å². The van der Waals surface area contributed by atoms with Crippen molar-refractivity contribution in [2.75, 3.05) is 18.0 Å². The zero-order chi connectivity index (χ0) is 18.8. The molecule has 0 saturated heterocycles. The van der Waals surface area contributed by atoms with Crippen molar-refractivity contribution in [2.45, 2.75) is 13.8 Å². The Bertz CT molecular complexity index is 1130. The Balaban J connectivity index is 1.75. The summed E-state index contributed by atoms with van der Waals surface area (Å²) in [5, 5.41) is 3.38. The van der Waals surface area contributed by atoms with E-state index in [4.69, 9.17) is 4.42 Å². The van der Waals surface area contributed by atoms with Gasteiger partial charge in [-0.15, -0.1) is 11.3 Å². The first-order valence-corrected chi connectivity index (χ1v) is 9.91. The van der Waals surface area contributed by atoms with E-state index in [9.17, 15) is 4.79 Å². The molecule has 2 heterocycles. The summed E-state index contributed by atoms with van der Waals surface area (Å²) < 4.78 is 5.81. The van der Waals surface area contributed by atoms with Gasteiger partial charge in [-0.2, -0.15) is 0 Å². The summed E-state index contributed by atoms with van der Waals surface area (Å²) >= 11 is 1.53. The molecule has 4 rings (SSSR count). The third kappa shape index (κ3) is 3.26. The van der Waals surface area contributed by atoms with Crippen LogP contribution in [0.4, 0.5) is 5.69 Å². The van der Waals surface area contributed by atoms with Gasteiger partial charge in [-0.05, 0) is 26.0 Å². The zero-order valence-electron chi connectivity index (χ0n) is 15.3. The Labute approximate surface area is 161 Å². The van der Waals surface area contributed by atoms with Gasteiger partial charge in [0.05, 0.1) is 16.6 Å². The van der Waals surface area contributed by atoms with Gasteiger partial charge in [0.1, 0.15) is 16.9 Å². The van der Waals surface area contributed by atoms with Crippen molar-refractivity contribution in [2.24, 2.45) is 0 Å². The maximum Gasteiger partial charge on any atom is 0.202 e. The molecule has 0 saturated carbocycles. The molecule has 4 nitrogen and oxygen atoms in total. The van der Waals surface area contributed by atoms with Crippen molar-refractivity contribution >= 4 is 28.0 Å². The summed E-state index contributed by atoms with van der Waals surface area (Å²) in [6.07, 6.45) is 1.53. The number of thiazole rings is 1. The molecule has 0 fully saturated rings. The average molecular weight is 376 g/mol. The van der Waals surface area contributed by atoms with Crippen LogP contribution in [-0.2, 0) is 0 Å². The number of anilines is 1. The van der Waals surface area contributed by atoms with Crippen LogP contribution in [0.2, 0.25) is 0 Å². The van der Waals surface area contributed by atoms with Gasteiger partial charge in [0, 0.05) is 35.8 Å². The van der Waals surface area contributed by atoms with Crippen LogP contribution in [0.3, 0.4) is 0 Å². The van der Waals surface area contributed by atoms with E-state index < -0.39 is 0 Å². The number of nitrogens with zero attached hydrogens (tertiary/aromatic N) is 2. The second kappa shape index (κ2) is 7.37. The van der Waals surface area contributed by atoms with Gasteiger partial charge in [0.15, 0.2) is 0 Å². The summed E-state index contributed by atoms with van der Waals surface area (Å²) in [4.78, 5) is 19.8. The minimum atomic E-state index is -0.0488. The van der Waals surface area contributed by atoms with E-state index in [-0.39, 0.29) is 5.43 Å². The van der Waals surface area contributed by atoms with Gasteiger partial charge < -0.3 is 9.32 Å². The number of aromatic nitrogens is 1. The van der Waals surface area contributed by atoms with Crippen LogP contribution >= 0.6 is 11.3 Å². The predicted molar refractivity (Wildman–Crippen MR) is 113 cm³/mol. The van der Waals surface area contributed by atoms with Gasteiger partial charge in [-0.1, -0.05) is 30.3 Å². The van der Waals surface area contributed by atoms with Crippen molar-refractivity contribution in [3.05, 3.63) is 70.4 Å². The summed E-state index contributed by atoms with van der Waals surface area (Å²) in [6, 6.07) is 15.7. The highest BCUT2D eigenvalue weighted by Gasteiger charge is 2.14. The lowest BCUT2D eigenvalue weighted by atomic mass is 10.1. The number of rotatable bonds is 5. The molecule has 0 aliphatic rings. The molecule has 0 bridgehead atoms. The fourth-order valence-electron chi connectivity index (χ4n) is 3.19. The Morgan fingerprint density at radius 2 is 1.85 bits per heavy atom. The second-order valence-electron chi connectivity index (χ2n) is 6.24. The number of benzene rings is 2. The van der Waals surface area contributed by atoms with Crippen molar-refractivity contribution in [3.63, 3.8) is 0 Å². The molecular weight excluding hydrogens is 356 g/mol. The third-order valence-corrected chi connectivity index (χ3v) is 5.58. The minimum Gasteiger partial charge on any atom is -0.463 e. The van der Waals surface area contributed by atoms with Crippen LogP contribution < -0.4 is 10.3 Å². The fourth-order valence-corrected chi connectivity index (χ4v) is 4.02. The van der Waals surface area contributed by atoms with Crippen LogP contribution in [0.5, 0.6) is 0 Å². The highest BCUT2D eigenvalue weighted by Crippen LogP contribution is 2.29. The monoisotopic (exact) mass is 376 g/mol. The Kier molecular flexibility index (Phi) is 4.77. The Hall–Kier alpha value is -2.92. The van der Waals surface area contributed by atoms with Crippen LogP contribution in [0.25, 0.3) is 32.8 Å². The van der Waals surface area contributed by atoms with Crippen LogP contribution in [0.1, 0.15) is 13.8 Å². The van der Waals surface area contributed by atoms with E-state index in [1.807, 2.05) is 53.9 Å². The smallest absolute Gasteiger partial charge is 0.202 e. The lowest BCUT2D eigenvalue weighted by Gasteiger charge is -2.20. The molecular formula is C22H20N2O2S. The first kappa shape index (κ1) is 17.5.